The van der Waals surface area contributed by atoms with Gasteiger partial charge in [-0.05, 0) is 55.8 Å². The zero-order valence-electron chi connectivity index (χ0n) is 18.5. The SMILES string of the molecule is CN(CC1CCOCC1)[C@H]1CCc2ccccc2[C@@H]1Nc1ncnc2[nH]c(C(F)(F)F)cc12. The summed E-state index contributed by atoms with van der Waals surface area (Å²) >= 11 is 0. The van der Waals surface area contributed by atoms with Gasteiger partial charge in [0.05, 0.1) is 11.4 Å². The molecule has 1 saturated heterocycles. The molecule has 3 heterocycles. The number of fused-ring (bicyclic) bond motifs is 2. The first-order valence-corrected chi connectivity index (χ1v) is 11.4. The summed E-state index contributed by atoms with van der Waals surface area (Å²) in [6.07, 6.45) is 0.880. The number of halogens is 3. The van der Waals surface area contributed by atoms with Gasteiger partial charge in [-0.3, -0.25) is 0 Å². The number of hydrogen-bond acceptors (Lipinski definition) is 5. The maximum Gasteiger partial charge on any atom is 0.431 e. The molecule has 0 bridgehead atoms. The van der Waals surface area contributed by atoms with Crippen LogP contribution in [0, 0.1) is 5.92 Å². The van der Waals surface area contributed by atoms with Crippen LogP contribution < -0.4 is 5.32 Å². The molecule has 6 nitrogen and oxygen atoms in total. The predicted octanol–water partition coefficient (Wildman–Crippen LogP) is 4.80. The molecule has 176 valence electrons. The van der Waals surface area contributed by atoms with Crippen molar-refractivity contribution in [2.45, 2.75) is 43.9 Å². The maximum absolute atomic E-state index is 13.3. The Morgan fingerprint density at radius 1 is 1.15 bits per heavy atom. The highest BCUT2D eigenvalue weighted by molar-refractivity contribution is 5.88. The van der Waals surface area contributed by atoms with Crippen LogP contribution in [0.25, 0.3) is 11.0 Å². The first kappa shape index (κ1) is 22.2. The summed E-state index contributed by atoms with van der Waals surface area (Å²) in [6, 6.07) is 9.47. The Morgan fingerprint density at radius 3 is 2.73 bits per heavy atom. The number of benzene rings is 1. The fourth-order valence-corrected chi connectivity index (χ4v) is 5.22. The van der Waals surface area contributed by atoms with Gasteiger partial charge in [0, 0.05) is 25.8 Å². The maximum atomic E-state index is 13.3. The fraction of sp³-hybridized carbons (Fsp3) is 0.500. The molecule has 0 saturated carbocycles. The molecule has 3 aromatic rings. The molecule has 9 heteroatoms. The second-order valence-electron chi connectivity index (χ2n) is 9.09. The van der Waals surface area contributed by atoms with Gasteiger partial charge in [0.25, 0.3) is 0 Å². The standard InChI is InChI=1S/C24H28F3N5O/c1-32(13-15-8-10-33-11-9-15)19-7-6-16-4-2-3-5-17(16)21(19)31-23-18-12-20(24(25,26)27)30-22(18)28-14-29-23/h2-5,12,14-15,19,21H,6-11,13H2,1H3,(H2,28,29,30,31)/t19-,21-/m0/s1. The molecular formula is C24H28F3N5O. The third-order valence-corrected chi connectivity index (χ3v) is 6.96. The Balaban J connectivity index is 1.47. The van der Waals surface area contributed by atoms with Gasteiger partial charge < -0.3 is 19.9 Å². The summed E-state index contributed by atoms with van der Waals surface area (Å²) in [4.78, 5) is 13.1. The number of H-pyrrole nitrogens is 1. The number of rotatable bonds is 5. The largest absolute Gasteiger partial charge is 0.431 e. The molecule has 2 aliphatic rings. The van der Waals surface area contributed by atoms with Gasteiger partial charge in [-0.1, -0.05) is 24.3 Å². The van der Waals surface area contributed by atoms with Crippen LogP contribution in [0.4, 0.5) is 19.0 Å². The van der Waals surface area contributed by atoms with Crippen LogP contribution >= 0.6 is 0 Å². The average Bonchev–Trinajstić information content (AvgIpc) is 3.26. The summed E-state index contributed by atoms with van der Waals surface area (Å²) in [7, 11) is 2.15. The lowest BCUT2D eigenvalue weighted by Crippen LogP contribution is -2.45. The van der Waals surface area contributed by atoms with E-state index in [2.05, 4.69) is 44.3 Å². The second-order valence-corrected chi connectivity index (χ2v) is 9.09. The number of anilines is 1. The van der Waals surface area contributed by atoms with Crippen molar-refractivity contribution in [2.24, 2.45) is 5.92 Å². The van der Waals surface area contributed by atoms with Crippen molar-refractivity contribution in [3.8, 4) is 0 Å². The Bertz CT molecular complexity index is 1110. The Morgan fingerprint density at radius 2 is 1.94 bits per heavy atom. The summed E-state index contributed by atoms with van der Waals surface area (Å²) < 4.78 is 45.4. The van der Waals surface area contributed by atoms with Crippen molar-refractivity contribution in [1.29, 1.82) is 0 Å². The van der Waals surface area contributed by atoms with E-state index in [1.807, 2.05) is 12.1 Å². The van der Waals surface area contributed by atoms with E-state index in [1.54, 1.807) is 0 Å². The van der Waals surface area contributed by atoms with E-state index >= 15 is 0 Å². The molecule has 1 aliphatic carbocycles. The van der Waals surface area contributed by atoms with Crippen molar-refractivity contribution in [1.82, 2.24) is 19.9 Å². The van der Waals surface area contributed by atoms with Crippen molar-refractivity contribution < 1.29 is 17.9 Å². The van der Waals surface area contributed by atoms with Crippen molar-refractivity contribution >= 4 is 16.9 Å². The van der Waals surface area contributed by atoms with Gasteiger partial charge in [0.1, 0.15) is 23.5 Å². The molecule has 2 atom stereocenters. The first-order chi connectivity index (χ1) is 15.9. The molecule has 0 amide bonds. The molecule has 1 fully saturated rings. The van der Waals surface area contributed by atoms with Gasteiger partial charge in [-0.15, -0.1) is 0 Å². The summed E-state index contributed by atoms with van der Waals surface area (Å²) in [6.45, 7) is 2.58. The predicted molar refractivity (Wildman–Crippen MR) is 120 cm³/mol. The van der Waals surface area contributed by atoms with E-state index in [4.69, 9.17) is 4.74 Å². The van der Waals surface area contributed by atoms with E-state index in [0.29, 0.717) is 17.1 Å². The molecule has 1 aromatic carbocycles. The van der Waals surface area contributed by atoms with Crippen LogP contribution in [0.1, 0.15) is 42.1 Å². The molecule has 2 N–H and O–H groups in total. The highest BCUT2D eigenvalue weighted by atomic mass is 19.4. The number of aryl methyl sites for hydroxylation is 1. The van der Waals surface area contributed by atoms with Crippen molar-refractivity contribution in [3.05, 3.63) is 53.5 Å². The zero-order chi connectivity index (χ0) is 23.0. The molecule has 5 rings (SSSR count). The van der Waals surface area contributed by atoms with Gasteiger partial charge in [-0.2, -0.15) is 13.2 Å². The number of ether oxygens (including phenoxy) is 1. The first-order valence-electron chi connectivity index (χ1n) is 11.4. The van der Waals surface area contributed by atoms with Gasteiger partial charge in [0.2, 0.25) is 0 Å². The fourth-order valence-electron chi connectivity index (χ4n) is 5.22. The van der Waals surface area contributed by atoms with E-state index in [9.17, 15) is 13.2 Å². The molecule has 33 heavy (non-hydrogen) atoms. The number of hydrogen-bond donors (Lipinski definition) is 2. The Labute approximate surface area is 190 Å². The quantitative estimate of drug-likeness (QED) is 0.574. The van der Waals surface area contributed by atoms with Crippen LogP contribution in [0.15, 0.2) is 36.7 Å². The minimum Gasteiger partial charge on any atom is -0.381 e. The number of likely N-dealkylation sites (N-methyl/N-ethyl adjacent to an activating group) is 1. The lowest BCUT2D eigenvalue weighted by molar-refractivity contribution is -0.140. The highest BCUT2D eigenvalue weighted by Gasteiger charge is 2.35. The smallest absolute Gasteiger partial charge is 0.381 e. The van der Waals surface area contributed by atoms with E-state index < -0.39 is 11.9 Å². The van der Waals surface area contributed by atoms with Gasteiger partial charge in [-0.25, -0.2) is 9.97 Å². The molecule has 0 radical (unpaired) electrons. The van der Waals surface area contributed by atoms with Crippen LogP contribution in [0.3, 0.4) is 0 Å². The zero-order valence-corrected chi connectivity index (χ0v) is 18.5. The number of nitrogens with zero attached hydrogens (tertiary/aromatic N) is 3. The molecule has 0 unspecified atom stereocenters. The molecule has 1 aliphatic heterocycles. The minimum absolute atomic E-state index is 0.0953. The lowest BCUT2D eigenvalue weighted by Gasteiger charge is -2.41. The number of aromatic amines is 1. The van der Waals surface area contributed by atoms with Gasteiger partial charge >= 0.3 is 6.18 Å². The average molecular weight is 460 g/mol. The Hall–Kier alpha value is -2.65. The second kappa shape index (κ2) is 8.95. The lowest BCUT2D eigenvalue weighted by atomic mass is 9.82. The molecule has 0 spiro atoms. The minimum atomic E-state index is -4.47. The van der Waals surface area contributed by atoms with Crippen LogP contribution in [-0.4, -0.2) is 52.7 Å². The summed E-state index contributed by atoms with van der Waals surface area (Å²) in [5.41, 5.74) is 1.79. The van der Waals surface area contributed by atoms with Crippen LogP contribution in [-0.2, 0) is 17.3 Å². The van der Waals surface area contributed by atoms with Crippen LogP contribution in [0.2, 0.25) is 0 Å². The van der Waals surface area contributed by atoms with Crippen LogP contribution in [0.5, 0.6) is 0 Å². The Kier molecular flexibility index (Phi) is 6.01. The topological polar surface area (TPSA) is 66.1 Å². The molecule has 2 aromatic heterocycles. The number of alkyl halides is 3. The summed E-state index contributed by atoms with van der Waals surface area (Å²) in [5, 5.41) is 3.85. The number of nitrogens with one attached hydrogen (secondary N) is 2. The highest BCUT2D eigenvalue weighted by Crippen LogP contribution is 2.38. The third-order valence-electron chi connectivity index (χ3n) is 6.96. The van der Waals surface area contributed by atoms with Crippen molar-refractivity contribution in [2.75, 3.05) is 32.1 Å². The van der Waals surface area contributed by atoms with Gasteiger partial charge in [0.15, 0.2) is 0 Å². The normalized spacial score (nSPS) is 22.0. The summed E-state index contributed by atoms with van der Waals surface area (Å²) in [5.74, 6) is 1.00. The number of aromatic nitrogens is 3. The monoisotopic (exact) mass is 459 g/mol. The third kappa shape index (κ3) is 4.56. The molecular weight excluding hydrogens is 431 g/mol. The van der Waals surface area contributed by atoms with E-state index in [1.165, 1.54) is 17.5 Å². The van der Waals surface area contributed by atoms with E-state index in [-0.39, 0.29) is 17.7 Å². The van der Waals surface area contributed by atoms with E-state index in [0.717, 1.165) is 51.5 Å². The van der Waals surface area contributed by atoms with Crippen molar-refractivity contribution in [3.63, 3.8) is 0 Å².